The fraction of sp³-hybridized carbons (Fsp3) is 0.636. The van der Waals surface area contributed by atoms with Crippen molar-refractivity contribution < 1.29 is 29.1 Å². The van der Waals surface area contributed by atoms with Crippen molar-refractivity contribution in [1.82, 2.24) is 0 Å². The van der Waals surface area contributed by atoms with E-state index in [4.69, 9.17) is 4.74 Å². The largest absolute Gasteiger partial charge is 0.460 e. The Labute approximate surface area is 100 Å². The van der Waals surface area contributed by atoms with Crippen molar-refractivity contribution in [1.29, 1.82) is 0 Å². The zero-order valence-corrected chi connectivity index (χ0v) is 10.7. The van der Waals surface area contributed by atoms with Gasteiger partial charge in [-0.25, -0.2) is 9.59 Å². The zero-order chi connectivity index (χ0) is 13.5. The molecule has 0 aliphatic heterocycles. The second kappa shape index (κ2) is 7.03. The molecule has 0 aliphatic carbocycles. The molecule has 0 N–H and O–H groups in total. The number of rotatable bonds is 5. The van der Waals surface area contributed by atoms with Crippen LogP contribution in [0.4, 0.5) is 0 Å². The number of ether oxygens (including phenoxy) is 1. The van der Waals surface area contributed by atoms with Gasteiger partial charge in [0.1, 0.15) is 0 Å². The van der Waals surface area contributed by atoms with Crippen LogP contribution < -0.4 is 0 Å². The van der Waals surface area contributed by atoms with Crippen LogP contribution in [-0.2, 0) is 29.1 Å². The summed E-state index contributed by atoms with van der Waals surface area (Å²) in [5, 5.41) is 4.22. The number of hydrogen-bond acceptors (Lipinski definition) is 6. The summed E-state index contributed by atoms with van der Waals surface area (Å²) in [7, 11) is 0. The lowest BCUT2D eigenvalue weighted by molar-refractivity contribution is -0.513. The quantitative estimate of drug-likeness (QED) is 0.318. The van der Waals surface area contributed by atoms with E-state index < -0.39 is 17.5 Å². The smallest absolute Gasteiger partial charge is 0.369 e. The highest BCUT2D eigenvalue weighted by Gasteiger charge is 2.13. The molecule has 0 unspecified atom stereocenters. The Bertz CT molecular complexity index is 287. The van der Waals surface area contributed by atoms with E-state index in [2.05, 4.69) is 14.8 Å². The highest BCUT2D eigenvalue weighted by molar-refractivity contribution is 5.91. The monoisotopic (exact) mass is 246 g/mol. The van der Waals surface area contributed by atoms with Gasteiger partial charge in [0.05, 0.1) is 11.7 Å². The van der Waals surface area contributed by atoms with E-state index in [9.17, 15) is 9.59 Å². The zero-order valence-electron chi connectivity index (χ0n) is 10.7. The molecule has 0 aromatic carbocycles. The Kier molecular flexibility index (Phi) is 6.45. The molecule has 0 amide bonds. The van der Waals surface area contributed by atoms with Crippen LogP contribution in [0.5, 0.6) is 0 Å². The number of carbonyl (C=O) groups excluding carboxylic acids is 2. The lowest BCUT2D eigenvalue weighted by Crippen LogP contribution is -2.20. The van der Waals surface area contributed by atoms with Gasteiger partial charge in [-0.15, -0.1) is 0 Å². The van der Waals surface area contributed by atoms with Crippen molar-refractivity contribution in [2.24, 2.45) is 0 Å². The summed E-state index contributed by atoms with van der Waals surface area (Å²) in [4.78, 5) is 30.9. The molecule has 17 heavy (non-hydrogen) atoms. The third-order valence-electron chi connectivity index (χ3n) is 1.11. The summed E-state index contributed by atoms with van der Waals surface area (Å²) in [6.45, 7) is 8.55. The molecule has 0 aliphatic rings. The van der Waals surface area contributed by atoms with Crippen molar-refractivity contribution in [2.45, 2.75) is 46.3 Å². The molecule has 6 heteroatoms. The number of carbonyl (C=O) groups is 2. The van der Waals surface area contributed by atoms with Gasteiger partial charge in [0, 0.05) is 12.2 Å². The second-order valence-electron chi connectivity index (χ2n) is 4.49. The van der Waals surface area contributed by atoms with Crippen LogP contribution in [0.25, 0.3) is 0 Å². The summed E-state index contributed by atoms with van der Waals surface area (Å²) < 4.78 is 4.75. The molecule has 0 heterocycles. The summed E-state index contributed by atoms with van der Waals surface area (Å²) in [6, 6.07) is 0. The van der Waals surface area contributed by atoms with Gasteiger partial charge in [-0.05, 0) is 39.7 Å². The van der Waals surface area contributed by atoms with Crippen molar-refractivity contribution in [2.75, 3.05) is 0 Å². The molecule has 0 aromatic heterocycles. The van der Waals surface area contributed by atoms with Crippen molar-refractivity contribution >= 4 is 11.9 Å². The van der Waals surface area contributed by atoms with Crippen LogP contribution in [0, 0.1) is 0 Å². The molecule has 0 bridgehead atoms. The van der Waals surface area contributed by atoms with Gasteiger partial charge in [-0.2, -0.15) is 4.89 Å². The lowest BCUT2D eigenvalue weighted by atomic mass is 10.2. The Balaban J connectivity index is 3.86. The fourth-order valence-electron chi connectivity index (χ4n) is 0.588. The molecular formula is C11H18O6. The maximum atomic E-state index is 11.0. The minimum atomic E-state index is -0.866. The molecule has 0 saturated carbocycles. The Hall–Kier alpha value is -1.40. The standard InChI is InChI=1S/C11H18O6/c1-8(2)14-9(12)6-7-10(13)15-17-16-11(3,4)5/h6-8H,1-5H3/b7-6+. The molecule has 0 rings (SSSR count). The third-order valence-corrected chi connectivity index (χ3v) is 1.11. The van der Waals surface area contributed by atoms with Crippen LogP contribution in [0.3, 0.4) is 0 Å². The van der Waals surface area contributed by atoms with Crippen molar-refractivity contribution in [3.63, 3.8) is 0 Å². The molecule has 0 aromatic rings. The Morgan fingerprint density at radius 3 is 2.06 bits per heavy atom. The van der Waals surface area contributed by atoms with E-state index in [0.717, 1.165) is 12.2 Å². The van der Waals surface area contributed by atoms with Crippen LogP contribution in [0.15, 0.2) is 12.2 Å². The molecule has 0 spiro atoms. The first-order chi connectivity index (χ1) is 7.70. The van der Waals surface area contributed by atoms with Gasteiger partial charge < -0.3 is 4.74 Å². The van der Waals surface area contributed by atoms with Crippen molar-refractivity contribution in [3.8, 4) is 0 Å². The van der Waals surface area contributed by atoms with Crippen LogP contribution in [-0.4, -0.2) is 23.6 Å². The summed E-state index contributed by atoms with van der Waals surface area (Å²) in [5.41, 5.74) is -0.597. The van der Waals surface area contributed by atoms with Gasteiger partial charge >= 0.3 is 11.9 Å². The van der Waals surface area contributed by atoms with Crippen molar-refractivity contribution in [3.05, 3.63) is 12.2 Å². The lowest BCUT2D eigenvalue weighted by Gasteiger charge is -2.14. The number of esters is 1. The molecule has 0 radical (unpaired) electrons. The van der Waals surface area contributed by atoms with Gasteiger partial charge in [0.25, 0.3) is 0 Å². The summed E-state index contributed by atoms with van der Waals surface area (Å²) in [6.07, 6.45) is 1.59. The first-order valence-electron chi connectivity index (χ1n) is 5.16. The average molecular weight is 246 g/mol. The average Bonchev–Trinajstić information content (AvgIpc) is 2.11. The predicted octanol–water partition coefficient (Wildman–Crippen LogP) is 1.70. The third kappa shape index (κ3) is 10.9. The predicted molar refractivity (Wildman–Crippen MR) is 58.4 cm³/mol. The van der Waals surface area contributed by atoms with E-state index in [-0.39, 0.29) is 6.10 Å². The molecule has 0 atom stereocenters. The molecule has 0 saturated heterocycles. The molecule has 98 valence electrons. The van der Waals surface area contributed by atoms with Crippen LogP contribution in [0.2, 0.25) is 0 Å². The first-order valence-corrected chi connectivity index (χ1v) is 5.16. The van der Waals surface area contributed by atoms with E-state index >= 15 is 0 Å². The molecule has 0 fully saturated rings. The van der Waals surface area contributed by atoms with Gasteiger partial charge in [-0.3, -0.25) is 4.89 Å². The van der Waals surface area contributed by atoms with E-state index in [1.165, 1.54) is 0 Å². The first kappa shape index (κ1) is 15.6. The van der Waals surface area contributed by atoms with Gasteiger partial charge in [-0.1, -0.05) is 0 Å². The highest BCUT2D eigenvalue weighted by Crippen LogP contribution is 2.07. The molecule has 6 nitrogen and oxygen atoms in total. The minimum absolute atomic E-state index is 0.247. The van der Waals surface area contributed by atoms with E-state index in [1.807, 2.05) is 0 Å². The fourth-order valence-corrected chi connectivity index (χ4v) is 0.588. The summed E-state index contributed by atoms with van der Waals surface area (Å²) in [5.74, 6) is -1.50. The minimum Gasteiger partial charge on any atom is -0.460 e. The van der Waals surface area contributed by atoms with Crippen LogP contribution in [0.1, 0.15) is 34.6 Å². The Morgan fingerprint density at radius 2 is 1.59 bits per heavy atom. The maximum absolute atomic E-state index is 11.0. The summed E-state index contributed by atoms with van der Waals surface area (Å²) >= 11 is 0. The van der Waals surface area contributed by atoms with Gasteiger partial charge in [0.2, 0.25) is 0 Å². The Morgan fingerprint density at radius 1 is 1.06 bits per heavy atom. The SMILES string of the molecule is CC(C)OC(=O)/C=C/C(=O)OOOC(C)(C)C. The van der Waals surface area contributed by atoms with Gasteiger partial charge in [0.15, 0.2) is 0 Å². The molecular weight excluding hydrogens is 228 g/mol. The maximum Gasteiger partial charge on any atom is 0.369 e. The van der Waals surface area contributed by atoms with E-state index in [0.29, 0.717) is 0 Å². The van der Waals surface area contributed by atoms with E-state index in [1.54, 1.807) is 34.6 Å². The topological polar surface area (TPSA) is 71.1 Å². The number of hydrogen-bond donors (Lipinski definition) is 0. The normalized spacial score (nSPS) is 11.9. The highest BCUT2D eigenvalue weighted by atomic mass is 17.5. The second-order valence-corrected chi connectivity index (χ2v) is 4.49. The van der Waals surface area contributed by atoms with Crippen LogP contribution >= 0.6 is 0 Å².